The molecule has 0 aromatic carbocycles. The van der Waals surface area contributed by atoms with Gasteiger partial charge < -0.3 is 10.1 Å². The Morgan fingerprint density at radius 1 is 0.867 bits per heavy atom. The molecule has 0 spiro atoms. The highest BCUT2D eigenvalue weighted by molar-refractivity contribution is 4.73. The Kier molecular flexibility index (Phi) is 4.94. The van der Waals surface area contributed by atoms with Gasteiger partial charge in [-0.15, -0.1) is 0 Å². The minimum atomic E-state index is 0.573. The molecule has 2 rings (SSSR count). The Morgan fingerprint density at radius 3 is 2.27 bits per heavy atom. The van der Waals surface area contributed by atoms with E-state index in [-0.39, 0.29) is 0 Å². The first-order valence-electron chi connectivity index (χ1n) is 6.80. The highest BCUT2D eigenvalue weighted by atomic mass is 16.5. The smallest absolute Gasteiger partial charge is 0.0594 e. The van der Waals surface area contributed by atoms with Crippen LogP contribution in [0.2, 0.25) is 0 Å². The standard InChI is InChI=1S/C13H25NO/c1-2-8-13(9-3-1)15-11-10-14-12-6-4-5-7-12/h12-14H,1-11H2. The maximum Gasteiger partial charge on any atom is 0.0594 e. The van der Waals surface area contributed by atoms with Gasteiger partial charge >= 0.3 is 0 Å². The fourth-order valence-corrected chi connectivity index (χ4v) is 2.85. The van der Waals surface area contributed by atoms with Crippen LogP contribution < -0.4 is 5.32 Å². The lowest BCUT2D eigenvalue weighted by Gasteiger charge is -2.22. The summed E-state index contributed by atoms with van der Waals surface area (Å²) in [6.07, 6.45) is 12.9. The zero-order chi connectivity index (χ0) is 10.3. The molecule has 0 aromatic rings. The van der Waals surface area contributed by atoms with Gasteiger partial charge in [0.25, 0.3) is 0 Å². The van der Waals surface area contributed by atoms with Crippen molar-refractivity contribution in [1.29, 1.82) is 0 Å². The lowest BCUT2D eigenvalue weighted by Crippen LogP contribution is -2.31. The quantitative estimate of drug-likeness (QED) is 0.706. The first kappa shape index (κ1) is 11.4. The Morgan fingerprint density at radius 2 is 1.53 bits per heavy atom. The molecule has 2 aliphatic carbocycles. The topological polar surface area (TPSA) is 21.3 Å². The predicted octanol–water partition coefficient (Wildman–Crippen LogP) is 2.87. The SMILES string of the molecule is C1CCC(OCCNC2CCCC2)CC1. The molecular weight excluding hydrogens is 186 g/mol. The first-order valence-corrected chi connectivity index (χ1v) is 6.80. The van der Waals surface area contributed by atoms with Crippen LogP contribution in [0.4, 0.5) is 0 Å². The number of hydrogen-bond donors (Lipinski definition) is 1. The van der Waals surface area contributed by atoms with Crippen LogP contribution in [0.25, 0.3) is 0 Å². The number of hydrogen-bond acceptors (Lipinski definition) is 2. The van der Waals surface area contributed by atoms with Crippen molar-refractivity contribution in [3.63, 3.8) is 0 Å². The van der Waals surface area contributed by atoms with Crippen molar-refractivity contribution in [3.05, 3.63) is 0 Å². The van der Waals surface area contributed by atoms with E-state index in [0.717, 1.165) is 19.2 Å². The molecule has 2 aliphatic rings. The Balaban J connectivity index is 1.47. The molecule has 0 amide bonds. The van der Waals surface area contributed by atoms with E-state index < -0.39 is 0 Å². The highest BCUT2D eigenvalue weighted by Gasteiger charge is 2.15. The molecule has 0 unspecified atom stereocenters. The minimum Gasteiger partial charge on any atom is -0.377 e. The van der Waals surface area contributed by atoms with Gasteiger partial charge in [-0.1, -0.05) is 32.1 Å². The summed E-state index contributed by atoms with van der Waals surface area (Å²) in [4.78, 5) is 0. The molecule has 0 atom stereocenters. The fraction of sp³-hybridized carbons (Fsp3) is 1.00. The van der Waals surface area contributed by atoms with Crippen molar-refractivity contribution in [3.8, 4) is 0 Å². The van der Waals surface area contributed by atoms with E-state index in [4.69, 9.17) is 4.74 Å². The van der Waals surface area contributed by atoms with Gasteiger partial charge in [0.15, 0.2) is 0 Å². The Bertz CT molecular complexity index is 160. The minimum absolute atomic E-state index is 0.573. The van der Waals surface area contributed by atoms with Gasteiger partial charge in [-0.25, -0.2) is 0 Å². The van der Waals surface area contributed by atoms with Crippen LogP contribution in [-0.4, -0.2) is 25.3 Å². The molecule has 0 radical (unpaired) electrons. The van der Waals surface area contributed by atoms with Crippen LogP contribution in [-0.2, 0) is 4.74 Å². The lowest BCUT2D eigenvalue weighted by molar-refractivity contribution is 0.0294. The van der Waals surface area contributed by atoms with Gasteiger partial charge in [0.05, 0.1) is 12.7 Å². The number of ether oxygens (including phenoxy) is 1. The molecule has 0 aromatic heterocycles. The third kappa shape index (κ3) is 4.12. The van der Waals surface area contributed by atoms with E-state index in [1.54, 1.807) is 0 Å². The normalized spacial score (nSPS) is 24.8. The van der Waals surface area contributed by atoms with Crippen LogP contribution in [0.5, 0.6) is 0 Å². The van der Waals surface area contributed by atoms with Crippen molar-refractivity contribution < 1.29 is 4.74 Å². The Hall–Kier alpha value is -0.0800. The summed E-state index contributed by atoms with van der Waals surface area (Å²) < 4.78 is 5.88. The number of nitrogens with one attached hydrogen (secondary N) is 1. The van der Waals surface area contributed by atoms with Crippen LogP contribution in [0.15, 0.2) is 0 Å². The average Bonchev–Trinajstić information content (AvgIpc) is 2.79. The molecular formula is C13H25NO. The molecule has 2 nitrogen and oxygen atoms in total. The van der Waals surface area contributed by atoms with E-state index in [9.17, 15) is 0 Å². The third-order valence-corrected chi connectivity index (χ3v) is 3.80. The first-order chi connectivity index (χ1) is 7.45. The molecule has 0 heterocycles. The summed E-state index contributed by atoms with van der Waals surface area (Å²) in [6, 6.07) is 0.792. The van der Waals surface area contributed by atoms with Crippen molar-refractivity contribution in [2.45, 2.75) is 69.9 Å². The largest absolute Gasteiger partial charge is 0.377 e. The van der Waals surface area contributed by atoms with Crippen molar-refractivity contribution >= 4 is 0 Å². The van der Waals surface area contributed by atoms with Crippen LogP contribution >= 0.6 is 0 Å². The van der Waals surface area contributed by atoms with Gasteiger partial charge in [-0.3, -0.25) is 0 Å². The molecule has 15 heavy (non-hydrogen) atoms. The van der Waals surface area contributed by atoms with Crippen LogP contribution in [0, 0.1) is 0 Å². The molecule has 2 saturated carbocycles. The van der Waals surface area contributed by atoms with E-state index in [1.807, 2.05) is 0 Å². The van der Waals surface area contributed by atoms with Crippen molar-refractivity contribution in [2.75, 3.05) is 13.2 Å². The summed E-state index contributed by atoms with van der Waals surface area (Å²) >= 11 is 0. The van der Waals surface area contributed by atoms with Gasteiger partial charge in [-0.2, -0.15) is 0 Å². The van der Waals surface area contributed by atoms with Crippen LogP contribution in [0.3, 0.4) is 0 Å². The molecule has 0 saturated heterocycles. The highest BCUT2D eigenvalue weighted by Crippen LogP contribution is 2.20. The third-order valence-electron chi connectivity index (χ3n) is 3.80. The molecule has 0 aliphatic heterocycles. The molecule has 0 bridgehead atoms. The molecule has 88 valence electrons. The number of rotatable bonds is 5. The van der Waals surface area contributed by atoms with E-state index >= 15 is 0 Å². The van der Waals surface area contributed by atoms with Gasteiger partial charge in [0.1, 0.15) is 0 Å². The molecule has 2 fully saturated rings. The van der Waals surface area contributed by atoms with Crippen molar-refractivity contribution in [2.24, 2.45) is 0 Å². The van der Waals surface area contributed by atoms with Crippen LogP contribution in [0.1, 0.15) is 57.8 Å². The predicted molar refractivity (Wildman–Crippen MR) is 63.1 cm³/mol. The summed E-state index contributed by atoms with van der Waals surface area (Å²) in [5, 5.41) is 3.60. The molecule has 1 N–H and O–H groups in total. The zero-order valence-corrected chi connectivity index (χ0v) is 9.84. The maximum atomic E-state index is 5.88. The monoisotopic (exact) mass is 211 g/mol. The van der Waals surface area contributed by atoms with E-state index in [0.29, 0.717) is 6.10 Å². The summed E-state index contributed by atoms with van der Waals surface area (Å²) in [5.74, 6) is 0. The second-order valence-electron chi connectivity index (χ2n) is 5.07. The lowest BCUT2D eigenvalue weighted by atomic mass is 9.98. The van der Waals surface area contributed by atoms with E-state index in [1.165, 1.54) is 57.8 Å². The van der Waals surface area contributed by atoms with Crippen molar-refractivity contribution in [1.82, 2.24) is 5.32 Å². The second kappa shape index (κ2) is 6.49. The summed E-state index contributed by atoms with van der Waals surface area (Å²) in [6.45, 7) is 1.97. The Labute approximate surface area is 93.8 Å². The second-order valence-corrected chi connectivity index (χ2v) is 5.07. The van der Waals surface area contributed by atoms with E-state index in [2.05, 4.69) is 5.32 Å². The molecule has 2 heteroatoms. The maximum absolute atomic E-state index is 5.88. The van der Waals surface area contributed by atoms with Gasteiger partial charge in [0, 0.05) is 12.6 Å². The van der Waals surface area contributed by atoms with Gasteiger partial charge in [0.2, 0.25) is 0 Å². The van der Waals surface area contributed by atoms with Gasteiger partial charge in [-0.05, 0) is 25.7 Å². The summed E-state index contributed by atoms with van der Waals surface area (Å²) in [5.41, 5.74) is 0. The summed E-state index contributed by atoms with van der Waals surface area (Å²) in [7, 11) is 0. The fourth-order valence-electron chi connectivity index (χ4n) is 2.85. The average molecular weight is 211 g/mol. The zero-order valence-electron chi connectivity index (χ0n) is 9.84.